The molecule has 1 aromatic carbocycles. The lowest BCUT2D eigenvalue weighted by molar-refractivity contribution is -0.154. The number of rotatable bonds is 2. The van der Waals surface area contributed by atoms with Gasteiger partial charge < -0.3 is 5.11 Å². The van der Waals surface area contributed by atoms with Gasteiger partial charge in [-0.15, -0.1) is 0 Å². The van der Waals surface area contributed by atoms with Crippen molar-refractivity contribution in [1.29, 1.82) is 0 Å². The third-order valence-electron chi connectivity index (χ3n) is 1.68. The molecule has 1 N–H and O–H groups in total. The van der Waals surface area contributed by atoms with Gasteiger partial charge in [-0.1, -0.05) is 28.1 Å². The molecule has 5 heteroatoms. The van der Waals surface area contributed by atoms with Crippen LogP contribution in [0.3, 0.4) is 0 Å². The van der Waals surface area contributed by atoms with Crippen LogP contribution < -0.4 is 0 Å². The lowest BCUT2D eigenvalue weighted by Gasteiger charge is -2.13. The maximum absolute atomic E-state index is 11.9. The molecule has 0 saturated carbocycles. The van der Waals surface area contributed by atoms with Gasteiger partial charge in [0.15, 0.2) is 0 Å². The van der Waals surface area contributed by atoms with Crippen LogP contribution >= 0.6 is 15.9 Å². The second kappa shape index (κ2) is 4.31. The van der Waals surface area contributed by atoms with Crippen LogP contribution in [0.2, 0.25) is 0 Å². The molecule has 78 valence electrons. The fourth-order valence-corrected chi connectivity index (χ4v) is 1.29. The first-order valence-corrected chi connectivity index (χ1v) is 4.68. The highest BCUT2D eigenvalue weighted by Gasteiger charge is 2.31. The number of alkyl halides is 3. The standard InChI is InChI=1S/C9H8BrF3O/c10-7-3-1-6(2-4-7)8(14)5-9(11,12)13/h1-4,8,14H,5H2/t8-/m1/s1. The number of hydrogen-bond donors (Lipinski definition) is 1. The second-order valence-electron chi connectivity index (χ2n) is 2.89. The van der Waals surface area contributed by atoms with Crippen LogP contribution in [0, 0.1) is 0 Å². The van der Waals surface area contributed by atoms with Gasteiger partial charge in [0.2, 0.25) is 0 Å². The zero-order chi connectivity index (χ0) is 10.8. The molecule has 0 unspecified atom stereocenters. The number of halogens is 4. The Morgan fingerprint density at radius 3 is 2.14 bits per heavy atom. The third kappa shape index (κ3) is 3.67. The Bertz CT molecular complexity index is 294. The molecule has 0 aromatic heterocycles. The molecule has 0 aliphatic carbocycles. The maximum atomic E-state index is 11.9. The van der Waals surface area contributed by atoms with E-state index in [2.05, 4.69) is 15.9 Å². The van der Waals surface area contributed by atoms with Crippen LogP contribution in [0.5, 0.6) is 0 Å². The molecule has 0 aliphatic rings. The number of aliphatic hydroxyl groups excluding tert-OH is 1. The van der Waals surface area contributed by atoms with Gasteiger partial charge in [-0.3, -0.25) is 0 Å². The van der Waals surface area contributed by atoms with E-state index in [9.17, 15) is 18.3 Å². The summed E-state index contributed by atoms with van der Waals surface area (Å²) in [5.41, 5.74) is 0.269. The third-order valence-corrected chi connectivity index (χ3v) is 2.21. The number of benzene rings is 1. The predicted molar refractivity (Wildman–Crippen MR) is 49.8 cm³/mol. The monoisotopic (exact) mass is 268 g/mol. The van der Waals surface area contributed by atoms with Crippen molar-refractivity contribution in [2.45, 2.75) is 18.7 Å². The predicted octanol–water partition coefficient (Wildman–Crippen LogP) is 3.43. The Morgan fingerprint density at radius 1 is 1.21 bits per heavy atom. The Labute approximate surface area is 87.7 Å². The number of aliphatic hydroxyl groups is 1. The van der Waals surface area contributed by atoms with Crippen LogP contribution in [0.1, 0.15) is 18.1 Å². The highest BCUT2D eigenvalue weighted by molar-refractivity contribution is 9.10. The van der Waals surface area contributed by atoms with Gasteiger partial charge in [-0.05, 0) is 17.7 Å². The first-order chi connectivity index (χ1) is 6.38. The van der Waals surface area contributed by atoms with E-state index in [4.69, 9.17) is 0 Å². The molecule has 0 saturated heterocycles. The van der Waals surface area contributed by atoms with E-state index in [1.807, 2.05) is 0 Å². The van der Waals surface area contributed by atoms with Crippen LogP contribution in [0.15, 0.2) is 28.7 Å². The largest absolute Gasteiger partial charge is 0.391 e. The molecule has 1 nitrogen and oxygen atoms in total. The second-order valence-corrected chi connectivity index (χ2v) is 3.80. The van der Waals surface area contributed by atoms with E-state index < -0.39 is 18.7 Å². The van der Waals surface area contributed by atoms with Gasteiger partial charge >= 0.3 is 6.18 Å². The molecule has 0 radical (unpaired) electrons. The lowest BCUT2D eigenvalue weighted by atomic mass is 10.1. The summed E-state index contributed by atoms with van der Waals surface area (Å²) in [6.07, 6.45) is -7.04. The summed E-state index contributed by atoms with van der Waals surface area (Å²) in [6.45, 7) is 0. The Kier molecular flexibility index (Phi) is 3.55. The summed E-state index contributed by atoms with van der Waals surface area (Å²) >= 11 is 3.15. The topological polar surface area (TPSA) is 20.2 Å². The van der Waals surface area contributed by atoms with E-state index in [1.165, 1.54) is 12.1 Å². The lowest BCUT2D eigenvalue weighted by Crippen LogP contribution is -2.13. The van der Waals surface area contributed by atoms with Crippen molar-refractivity contribution in [2.24, 2.45) is 0 Å². The maximum Gasteiger partial charge on any atom is 0.391 e. The molecule has 1 atom stereocenters. The first kappa shape index (κ1) is 11.5. The highest BCUT2D eigenvalue weighted by Crippen LogP contribution is 2.29. The average molecular weight is 269 g/mol. The van der Waals surface area contributed by atoms with Crippen molar-refractivity contribution in [3.63, 3.8) is 0 Å². The Balaban J connectivity index is 2.70. The first-order valence-electron chi connectivity index (χ1n) is 3.89. The molecular formula is C9H8BrF3O. The van der Waals surface area contributed by atoms with Crippen LogP contribution in [0.25, 0.3) is 0 Å². The van der Waals surface area contributed by atoms with E-state index >= 15 is 0 Å². The van der Waals surface area contributed by atoms with E-state index in [0.717, 1.165) is 4.47 Å². The highest BCUT2D eigenvalue weighted by atomic mass is 79.9. The minimum absolute atomic E-state index is 0.269. The van der Waals surface area contributed by atoms with Gasteiger partial charge in [-0.2, -0.15) is 13.2 Å². The van der Waals surface area contributed by atoms with Gasteiger partial charge in [0, 0.05) is 4.47 Å². The molecule has 0 aliphatic heterocycles. The zero-order valence-electron chi connectivity index (χ0n) is 7.05. The van der Waals surface area contributed by atoms with Crippen molar-refractivity contribution in [3.8, 4) is 0 Å². The summed E-state index contributed by atoms with van der Waals surface area (Å²) in [5, 5.41) is 9.21. The summed E-state index contributed by atoms with van der Waals surface area (Å²) in [6, 6.07) is 6.10. The van der Waals surface area contributed by atoms with Crippen molar-refractivity contribution in [2.75, 3.05) is 0 Å². The summed E-state index contributed by atoms with van der Waals surface area (Å²) < 4.78 is 36.5. The average Bonchev–Trinajstić information content (AvgIpc) is 2.02. The fraction of sp³-hybridized carbons (Fsp3) is 0.333. The van der Waals surface area contributed by atoms with Crippen molar-refractivity contribution in [3.05, 3.63) is 34.3 Å². The van der Waals surface area contributed by atoms with Crippen LogP contribution in [-0.2, 0) is 0 Å². The number of hydrogen-bond acceptors (Lipinski definition) is 1. The van der Waals surface area contributed by atoms with E-state index in [1.54, 1.807) is 12.1 Å². The summed E-state index contributed by atoms with van der Waals surface area (Å²) in [5.74, 6) is 0. The minimum Gasteiger partial charge on any atom is -0.388 e. The molecule has 14 heavy (non-hydrogen) atoms. The van der Waals surface area contributed by atoms with Crippen molar-refractivity contribution in [1.82, 2.24) is 0 Å². The smallest absolute Gasteiger partial charge is 0.388 e. The molecule has 0 amide bonds. The van der Waals surface area contributed by atoms with Crippen molar-refractivity contribution >= 4 is 15.9 Å². The van der Waals surface area contributed by atoms with Gasteiger partial charge in [-0.25, -0.2) is 0 Å². The van der Waals surface area contributed by atoms with Gasteiger partial charge in [0.1, 0.15) is 0 Å². The van der Waals surface area contributed by atoms with Gasteiger partial charge in [0.05, 0.1) is 12.5 Å². The van der Waals surface area contributed by atoms with Gasteiger partial charge in [0.25, 0.3) is 0 Å². The van der Waals surface area contributed by atoms with E-state index in [-0.39, 0.29) is 5.56 Å². The Hall–Kier alpha value is -0.550. The quantitative estimate of drug-likeness (QED) is 0.872. The SMILES string of the molecule is O[C@H](CC(F)(F)F)c1ccc(Br)cc1. The summed E-state index contributed by atoms with van der Waals surface area (Å²) in [7, 11) is 0. The Morgan fingerprint density at radius 2 is 1.71 bits per heavy atom. The van der Waals surface area contributed by atoms with E-state index in [0.29, 0.717) is 0 Å². The van der Waals surface area contributed by atoms with Crippen LogP contribution in [0.4, 0.5) is 13.2 Å². The molecular weight excluding hydrogens is 261 g/mol. The van der Waals surface area contributed by atoms with Crippen molar-refractivity contribution < 1.29 is 18.3 Å². The molecule has 0 heterocycles. The molecule has 0 bridgehead atoms. The molecule has 0 spiro atoms. The molecule has 1 rings (SSSR count). The van der Waals surface area contributed by atoms with Crippen LogP contribution in [-0.4, -0.2) is 11.3 Å². The molecule has 0 fully saturated rings. The fourth-order valence-electron chi connectivity index (χ4n) is 1.02. The summed E-state index contributed by atoms with van der Waals surface area (Å²) in [4.78, 5) is 0. The normalized spacial score (nSPS) is 14.1. The minimum atomic E-state index is -4.34. The zero-order valence-corrected chi connectivity index (χ0v) is 8.64. The molecule has 1 aromatic rings.